The van der Waals surface area contributed by atoms with E-state index in [1.54, 1.807) is 7.05 Å². The van der Waals surface area contributed by atoms with Crippen LogP contribution in [0.3, 0.4) is 0 Å². The number of ketones is 1. The molecular formula is C13H24N3O4+. The molecule has 0 aromatic carbocycles. The quantitative estimate of drug-likeness (QED) is 0.369. The number of carbonyl (C=O) groups is 4. The van der Waals surface area contributed by atoms with Gasteiger partial charge in [0, 0.05) is 0 Å². The van der Waals surface area contributed by atoms with Crippen molar-refractivity contribution in [1.82, 2.24) is 5.32 Å². The number of amides is 3. The van der Waals surface area contributed by atoms with E-state index in [0.29, 0.717) is 6.54 Å². The van der Waals surface area contributed by atoms with Gasteiger partial charge in [0.05, 0.1) is 20.5 Å². The third-order valence-corrected chi connectivity index (χ3v) is 2.51. The number of rotatable bonds is 7. The highest BCUT2D eigenvalue weighted by Crippen LogP contribution is 2.03. The van der Waals surface area contributed by atoms with Crippen LogP contribution in [-0.2, 0) is 19.2 Å². The summed E-state index contributed by atoms with van der Waals surface area (Å²) in [7, 11) is 1.58. The number of Topliss-reactive ketones (excluding diaryl/α,β-unsaturated/α-hetero) is 1. The second kappa shape index (κ2) is 9.85. The van der Waals surface area contributed by atoms with Crippen LogP contribution in [0.1, 0.15) is 20.8 Å². The van der Waals surface area contributed by atoms with Crippen LogP contribution in [0.4, 0.5) is 0 Å². The molecule has 114 valence electrons. The minimum atomic E-state index is -1.11. The number of quaternary nitrogens is 1. The summed E-state index contributed by atoms with van der Waals surface area (Å²) in [6, 6.07) is 0. The molecule has 7 nitrogen and oxygen atoms in total. The van der Waals surface area contributed by atoms with Crippen molar-refractivity contribution in [2.45, 2.75) is 20.8 Å². The molecule has 7 heteroatoms. The van der Waals surface area contributed by atoms with E-state index in [2.05, 4.69) is 11.9 Å². The Bertz CT molecular complexity index is 393. The lowest BCUT2D eigenvalue weighted by Crippen LogP contribution is -2.54. The maximum atomic E-state index is 11.5. The summed E-state index contributed by atoms with van der Waals surface area (Å²) < 4.78 is -0.153. The lowest BCUT2D eigenvalue weighted by Gasteiger charge is -2.28. The van der Waals surface area contributed by atoms with Crippen LogP contribution in [0.5, 0.6) is 0 Å². The maximum absolute atomic E-state index is 11.5. The first-order valence-electron chi connectivity index (χ1n) is 6.29. The molecule has 0 heterocycles. The van der Waals surface area contributed by atoms with Gasteiger partial charge in [-0.3, -0.25) is 18.9 Å². The summed E-state index contributed by atoms with van der Waals surface area (Å²) in [5.74, 6) is -2.70. The molecule has 0 aliphatic carbocycles. The van der Waals surface area contributed by atoms with E-state index < -0.39 is 24.1 Å². The fourth-order valence-corrected chi connectivity index (χ4v) is 1.23. The molecule has 0 fully saturated rings. The monoisotopic (exact) mass is 286 g/mol. The highest BCUT2D eigenvalue weighted by Gasteiger charge is 2.29. The number of carbonyl (C=O) groups excluding carboxylic acids is 4. The second-order valence-electron chi connectivity index (χ2n) is 4.11. The zero-order valence-corrected chi connectivity index (χ0v) is 12.6. The van der Waals surface area contributed by atoms with E-state index in [9.17, 15) is 19.2 Å². The zero-order valence-electron chi connectivity index (χ0n) is 12.6. The predicted molar refractivity (Wildman–Crippen MR) is 75.4 cm³/mol. The maximum Gasteiger partial charge on any atom is 0.311 e. The van der Waals surface area contributed by atoms with Gasteiger partial charge in [-0.25, -0.2) is 4.79 Å². The third-order valence-electron chi connectivity index (χ3n) is 2.51. The van der Waals surface area contributed by atoms with Crippen molar-refractivity contribution in [1.29, 1.82) is 0 Å². The average molecular weight is 286 g/mol. The van der Waals surface area contributed by atoms with Gasteiger partial charge in [-0.1, -0.05) is 20.4 Å². The molecule has 3 amide bonds. The number of nitrogens with two attached hydrogens (primary N) is 1. The minimum Gasteiger partial charge on any atom is -0.363 e. The predicted octanol–water partition coefficient (Wildman–Crippen LogP) is -0.638. The molecule has 0 bridgehead atoms. The number of likely N-dealkylation sites (N-methyl/N-ethyl adjacent to an activating group) is 1. The molecule has 0 rings (SSSR count). The van der Waals surface area contributed by atoms with Crippen molar-refractivity contribution in [2.24, 2.45) is 5.73 Å². The van der Waals surface area contributed by atoms with Crippen LogP contribution in [0.25, 0.3) is 0 Å². The van der Waals surface area contributed by atoms with E-state index in [4.69, 9.17) is 5.73 Å². The van der Waals surface area contributed by atoms with Crippen molar-refractivity contribution in [3.8, 4) is 0 Å². The number of nitrogens with one attached hydrogen (secondary N) is 1. The molecule has 0 radical (unpaired) electrons. The Labute approximate surface area is 119 Å². The van der Waals surface area contributed by atoms with Crippen LogP contribution in [0, 0.1) is 0 Å². The van der Waals surface area contributed by atoms with Crippen LogP contribution < -0.4 is 11.1 Å². The van der Waals surface area contributed by atoms with Crippen molar-refractivity contribution >= 4 is 23.5 Å². The standard InChI is InChI=1S/C11H17N3O4.C2H6/c1-4-5-14(3,8(2)15)7-10(17)13-6-9(16)11(12)18;1-2/h4H,1,5-7H2,2-3H3,(H2-,12,13,17,18);1-2H3/p+1. The Kier molecular flexibility index (Phi) is 10.00. The lowest BCUT2D eigenvalue weighted by atomic mass is 10.3. The van der Waals surface area contributed by atoms with Crippen molar-refractivity contribution < 1.29 is 23.7 Å². The summed E-state index contributed by atoms with van der Waals surface area (Å²) in [6.07, 6.45) is 1.53. The Balaban J connectivity index is 0. The Morgan fingerprint density at radius 1 is 1.25 bits per heavy atom. The summed E-state index contributed by atoms with van der Waals surface area (Å²) >= 11 is 0. The van der Waals surface area contributed by atoms with Gasteiger partial charge >= 0.3 is 5.91 Å². The van der Waals surface area contributed by atoms with Crippen LogP contribution >= 0.6 is 0 Å². The number of hydrogen-bond donors (Lipinski definition) is 2. The largest absolute Gasteiger partial charge is 0.363 e. The van der Waals surface area contributed by atoms with Crippen LogP contribution in [0.15, 0.2) is 12.7 Å². The summed E-state index contributed by atoms with van der Waals surface area (Å²) in [5, 5.41) is 2.24. The third kappa shape index (κ3) is 7.42. The van der Waals surface area contributed by atoms with Crippen molar-refractivity contribution in [3.05, 3.63) is 12.7 Å². The van der Waals surface area contributed by atoms with E-state index in [-0.39, 0.29) is 16.9 Å². The van der Waals surface area contributed by atoms with Gasteiger partial charge in [-0.05, 0) is 6.08 Å². The average Bonchev–Trinajstić information content (AvgIpc) is 2.38. The molecule has 0 aliphatic heterocycles. The van der Waals surface area contributed by atoms with Crippen molar-refractivity contribution in [2.75, 3.05) is 26.7 Å². The van der Waals surface area contributed by atoms with E-state index in [0.717, 1.165) is 0 Å². The van der Waals surface area contributed by atoms with Gasteiger partial charge in [-0.15, -0.1) is 0 Å². The molecule has 0 saturated heterocycles. The summed E-state index contributed by atoms with van der Waals surface area (Å²) in [5.41, 5.74) is 4.73. The van der Waals surface area contributed by atoms with Gasteiger partial charge in [0.2, 0.25) is 5.78 Å². The molecule has 0 spiro atoms. The number of nitrogens with zero attached hydrogens (tertiary/aromatic N) is 1. The Morgan fingerprint density at radius 2 is 1.75 bits per heavy atom. The molecule has 20 heavy (non-hydrogen) atoms. The molecule has 0 aromatic rings. The number of hydrogen-bond acceptors (Lipinski definition) is 4. The van der Waals surface area contributed by atoms with Gasteiger partial charge in [-0.2, -0.15) is 0 Å². The highest BCUT2D eigenvalue weighted by molar-refractivity contribution is 6.36. The molecule has 1 unspecified atom stereocenters. The molecule has 1 atom stereocenters. The molecular weight excluding hydrogens is 262 g/mol. The van der Waals surface area contributed by atoms with E-state index in [1.165, 1.54) is 13.0 Å². The first-order chi connectivity index (χ1) is 9.23. The molecule has 0 saturated carbocycles. The molecule has 0 aliphatic rings. The van der Waals surface area contributed by atoms with Crippen LogP contribution in [-0.4, -0.2) is 54.7 Å². The highest BCUT2D eigenvalue weighted by atomic mass is 16.2. The normalized spacial score (nSPS) is 12.2. The Morgan fingerprint density at radius 3 is 2.10 bits per heavy atom. The SMILES string of the molecule is C=CC[N+](C)(CC(=O)NCC(=O)C(N)=O)C(C)=O.CC. The van der Waals surface area contributed by atoms with Crippen LogP contribution in [0.2, 0.25) is 0 Å². The second-order valence-corrected chi connectivity index (χ2v) is 4.11. The zero-order chi connectivity index (χ0) is 16.3. The molecule has 3 N–H and O–H groups in total. The van der Waals surface area contributed by atoms with E-state index >= 15 is 0 Å². The molecule has 0 aromatic heterocycles. The van der Waals surface area contributed by atoms with Gasteiger partial charge in [0.1, 0.15) is 6.54 Å². The Hall–Kier alpha value is -2.02. The topological polar surface area (TPSA) is 106 Å². The first-order valence-corrected chi connectivity index (χ1v) is 6.29. The summed E-state index contributed by atoms with van der Waals surface area (Å²) in [6.45, 7) is 8.59. The van der Waals surface area contributed by atoms with Gasteiger partial charge in [0.25, 0.3) is 11.8 Å². The fourth-order valence-electron chi connectivity index (χ4n) is 1.23. The summed E-state index contributed by atoms with van der Waals surface area (Å²) in [4.78, 5) is 44.3. The fraction of sp³-hybridized carbons (Fsp3) is 0.538. The van der Waals surface area contributed by atoms with Gasteiger partial charge in [0.15, 0.2) is 6.54 Å². The lowest BCUT2D eigenvalue weighted by molar-refractivity contribution is -0.819. The smallest absolute Gasteiger partial charge is 0.311 e. The van der Waals surface area contributed by atoms with Crippen molar-refractivity contribution in [3.63, 3.8) is 0 Å². The first kappa shape index (κ1) is 20.3. The number of primary amides is 1. The minimum absolute atomic E-state index is 0.132. The van der Waals surface area contributed by atoms with E-state index in [1.807, 2.05) is 13.8 Å². The van der Waals surface area contributed by atoms with Gasteiger partial charge < -0.3 is 11.1 Å².